The Bertz CT molecular complexity index is 443. The van der Waals surface area contributed by atoms with Crippen molar-refractivity contribution in [3.63, 3.8) is 0 Å². The molecule has 0 aromatic heterocycles. The molecular weight excluding hydrogens is 234 g/mol. The Balaban J connectivity index is 1.65. The standard InChI is InChI=1S/C17H25NO/c1-12-4-3-5-14(12)11-18-17-9-7-13-6-8-15(19-2)10-16(13)17/h6,8,10,12,14,17-18H,3-5,7,9,11H2,1-2H3. The third-order valence-corrected chi connectivity index (χ3v) is 5.10. The molecule has 0 spiro atoms. The number of nitrogens with one attached hydrogen (secondary N) is 1. The molecule has 0 saturated heterocycles. The number of methoxy groups -OCH3 is 1. The van der Waals surface area contributed by atoms with Crippen LogP contribution in [0, 0.1) is 11.8 Å². The Kier molecular flexibility index (Phi) is 3.79. The van der Waals surface area contributed by atoms with Gasteiger partial charge in [-0.25, -0.2) is 0 Å². The molecule has 19 heavy (non-hydrogen) atoms. The largest absolute Gasteiger partial charge is 0.497 e. The summed E-state index contributed by atoms with van der Waals surface area (Å²) in [6.07, 6.45) is 6.69. The Morgan fingerprint density at radius 1 is 1.26 bits per heavy atom. The van der Waals surface area contributed by atoms with Crippen LogP contribution in [0.3, 0.4) is 0 Å². The lowest BCUT2D eigenvalue weighted by molar-refractivity contribution is 0.367. The second-order valence-corrected chi connectivity index (χ2v) is 6.23. The van der Waals surface area contributed by atoms with E-state index in [2.05, 4.69) is 30.4 Å². The van der Waals surface area contributed by atoms with Crippen LogP contribution in [0.2, 0.25) is 0 Å². The number of fused-ring (bicyclic) bond motifs is 1. The topological polar surface area (TPSA) is 21.3 Å². The average Bonchev–Trinajstić information content (AvgIpc) is 3.02. The molecular formula is C17H25NO. The van der Waals surface area contributed by atoms with E-state index in [9.17, 15) is 0 Å². The van der Waals surface area contributed by atoms with Gasteiger partial charge in [-0.1, -0.05) is 25.8 Å². The highest BCUT2D eigenvalue weighted by Crippen LogP contribution is 2.35. The Labute approximate surface area is 116 Å². The zero-order valence-electron chi connectivity index (χ0n) is 12.1. The van der Waals surface area contributed by atoms with Gasteiger partial charge in [-0.3, -0.25) is 0 Å². The van der Waals surface area contributed by atoms with Crippen LogP contribution in [0.5, 0.6) is 5.75 Å². The van der Waals surface area contributed by atoms with Crippen molar-refractivity contribution in [1.29, 1.82) is 0 Å². The van der Waals surface area contributed by atoms with Crippen LogP contribution in [0.1, 0.15) is 49.8 Å². The fourth-order valence-corrected chi connectivity index (χ4v) is 3.74. The van der Waals surface area contributed by atoms with E-state index in [4.69, 9.17) is 4.74 Å². The number of hydrogen-bond donors (Lipinski definition) is 1. The van der Waals surface area contributed by atoms with Crippen molar-refractivity contribution >= 4 is 0 Å². The van der Waals surface area contributed by atoms with E-state index >= 15 is 0 Å². The Morgan fingerprint density at radius 3 is 2.89 bits per heavy atom. The van der Waals surface area contributed by atoms with Gasteiger partial charge in [0.1, 0.15) is 5.75 Å². The Morgan fingerprint density at radius 2 is 2.16 bits per heavy atom. The van der Waals surface area contributed by atoms with Crippen molar-refractivity contribution in [2.75, 3.05) is 13.7 Å². The summed E-state index contributed by atoms with van der Waals surface area (Å²) in [7, 11) is 1.75. The highest BCUT2D eigenvalue weighted by molar-refractivity contribution is 5.40. The van der Waals surface area contributed by atoms with E-state index in [-0.39, 0.29) is 0 Å². The quantitative estimate of drug-likeness (QED) is 0.890. The predicted octanol–water partition coefficient (Wildman–Crippen LogP) is 3.71. The van der Waals surface area contributed by atoms with Crippen LogP contribution < -0.4 is 10.1 Å². The first-order chi connectivity index (χ1) is 9.28. The molecule has 0 amide bonds. The van der Waals surface area contributed by atoms with E-state index in [0.717, 1.165) is 17.6 Å². The van der Waals surface area contributed by atoms with Crippen molar-refractivity contribution in [3.05, 3.63) is 29.3 Å². The average molecular weight is 259 g/mol. The smallest absolute Gasteiger partial charge is 0.119 e. The second-order valence-electron chi connectivity index (χ2n) is 6.23. The third kappa shape index (κ3) is 2.64. The summed E-state index contributed by atoms with van der Waals surface area (Å²) >= 11 is 0. The number of hydrogen-bond acceptors (Lipinski definition) is 2. The van der Waals surface area contributed by atoms with Crippen molar-refractivity contribution in [3.8, 4) is 5.75 Å². The van der Waals surface area contributed by atoms with Crippen LogP contribution >= 0.6 is 0 Å². The summed E-state index contributed by atoms with van der Waals surface area (Å²) in [6.45, 7) is 3.59. The molecule has 104 valence electrons. The van der Waals surface area contributed by atoms with Crippen molar-refractivity contribution < 1.29 is 4.74 Å². The molecule has 3 rings (SSSR count). The first kappa shape index (κ1) is 13.0. The fourth-order valence-electron chi connectivity index (χ4n) is 3.74. The van der Waals surface area contributed by atoms with Crippen LogP contribution in [-0.2, 0) is 6.42 Å². The van der Waals surface area contributed by atoms with Gasteiger partial charge >= 0.3 is 0 Å². The maximum absolute atomic E-state index is 5.35. The molecule has 1 N–H and O–H groups in total. The summed E-state index contributed by atoms with van der Waals surface area (Å²) < 4.78 is 5.35. The van der Waals surface area contributed by atoms with Gasteiger partial charge in [-0.15, -0.1) is 0 Å². The van der Waals surface area contributed by atoms with Crippen molar-refractivity contribution in [1.82, 2.24) is 5.32 Å². The molecule has 1 fully saturated rings. The molecule has 1 saturated carbocycles. The molecule has 0 aliphatic heterocycles. The number of benzene rings is 1. The molecule has 0 radical (unpaired) electrons. The summed E-state index contributed by atoms with van der Waals surface area (Å²) in [5.41, 5.74) is 2.96. The lowest BCUT2D eigenvalue weighted by Crippen LogP contribution is -2.27. The molecule has 1 aromatic rings. The van der Waals surface area contributed by atoms with E-state index in [1.165, 1.54) is 49.8 Å². The fraction of sp³-hybridized carbons (Fsp3) is 0.647. The van der Waals surface area contributed by atoms with E-state index in [1.807, 2.05) is 0 Å². The minimum absolute atomic E-state index is 0.540. The molecule has 2 nitrogen and oxygen atoms in total. The van der Waals surface area contributed by atoms with Gasteiger partial charge in [0.2, 0.25) is 0 Å². The minimum Gasteiger partial charge on any atom is -0.497 e. The molecule has 1 aromatic carbocycles. The first-order valence-corrected chi connectivity index (χ1v) is 7.68. The molecule has 2 aliphatic carbocycles. The molecule has 0 heterocycles. The highest BCUT2D eigenvalue weighted by atomic mass is 16.5. The molecule has 3 atom stereocenters. The number of rotatable bonds is 4. The van der Waals surface area contributed by atoms with E-state index in [1.54, 1.807) is 7.11 Å². The third-order valence-electron chi connectivity index (χ3n) is 5.10. The molecule has 2 heteroatoms. The van der Waals surface area contributed by atoms with Gasteiger partial charge < -0.3 is 10.1 Å². The van der Waals surface area contributed by atoms with Gasteiger partial charge in [0.15, 0.2) is 0 Å². The second kappa shape index (κ2) is 5.54. The van der Waals surface area contributed by atoms with Gasteiger partial charge in [0, 0.05) is 6.04 Å². The van der Waals surface area contributed by atoms with Gasteiger partial charge in [0.25, 0.3) is 0 Å². The lowest BCUT2D eigenvalue weighted by Gasteiger charge is -2.20. The van der Waals surface area contributed by atoms with Gasteiger partial charge in [0.05, 0.1) is 7.11 Å². The van der Waals surface area contributed by atoms with Gasteiger partial charge in [-0.05, 0) is 60.9 Å². The maximum atomic E-state index is 5.35. The summed E-state index contributed by atoms with van der Waals surface area (Å²) in [5, 5.41) is 3.81. The van der Waals surface area contributed by atoms with Crippen LogP contribution in [0.25, 0.3) is 0 Å². The summed E-state index contributed by atoms with van der Waals surface area (Å²) in [6, 6.07) is 7.07. The van der Waals surface area contributed by atoms with Gasteiger partial charge in [-0.2, -0.15) is 0 Å². The highest BCUT2D eigenvalue weighted by Gasteiger charge is 2.27. The summed E-state index contributed by atoms with van der Waals surface area (Å²) in [4.78, 5) is 0. The molecule has 2 aliphatic rings. The van der Waals surface area contributed by atoms with Crippen LogP contribution in [0.15, 0.2) is 18.2 Å². The first-order valence-electron chi connectivity index (χ1n) is 7.68. The SMILES string of the molecule is COc1ccc2c(c1)C(NCC1CCCC1C)CC2. The van der Waals surface area contributed by atoms with Crippen LogP contribution in [0.4, 0.5) is 0 Å². The van der Waals surface area contributed by atoms with E-state index in [0.29, 0.717) is 6.04 Å². The van der Waals surface area contributed by atoms with Crippen LogP contribution in [-0.4, -0.2) is 13.7 Å². The van der Waals surface area contributed by atoms with Crippen molar-refractivity contribution in [2.45, 2.75) is 45.1 Å². The van der Waals surface area contributed by atoms with E-state index < -0.39 is 0 Å². The zero-order valence-corrected chi connectivity index (χ0v) is 12.1. The normalized spacial score (nSPS) is 29.5. The zero-order chi connectivity index (χ0) is 13.2. The molecule has 3 unspecified atom stereocenters. The van der Waals surface area contributed by atoms with Crippen molar-refractivity contribution in [2.24, 2.45) is 11.8 Å². The number of ether oxygens (including phenoxy) is 1. The number of aryl methyl sites for hydroxylation is 1. The minimum atomic E-state index is 0.540. The lowest BCUT2D eigenvalue weighted by atomic mass is 9.97. The maximum Gasteiger partial charge on any atom is 0.119 e. The predicted molar refractivity (Wildman–Crippen MR) is 78.6 cm³/mol. The monoisotopic (exact) mass is 259 g/mol. The molecule has 0 bridgehead atoms. The summed E-state index contributed by atoms with van der Waals surface area (Å²) in [5.74, 6) is 2.77. The Hall–Kier alpha value is -1.02.